The van der Waals surface area contributed by atoms with E-state index in [1.807, 2.05) is 4.90 Å². The van der Waals surface area contributed by atoms with Gasteiger partial charge in [-0.25, -0.2) is 8.42 Å². The Morgan fingerprint density at radius 3 is 2.09 bits per heavy atom. The molecule has 0 aromatic heterocycles. The zero-order valence-corrected chi connectivity index (χ0v) is 14.1. The summed E-state index contributed by atoms with van der Waals surface area (Å²) in [5.74, 6) is -0.128. The monoisotopic (exact) mass is 339 g/mol. The molecule has 1 N–H and O–H groups in total. The molecule has 0 atom stereocenters. The Kier molecular flexibility index (Phi) is 5.51. The summed E-state index contributed by atoms with van der Waals surface area (Å²) in [7, 11) is -3.55. The minimum atomic E-state index is -3.55. The van der Waals surface area contributed by atoms with Gasteiger partial charge >= 0.3 is 0 Å². The molecule has 1 fully saturated rings. The van der Waals surface area contributed by atoms with E-state index in [-0.39, 0.29) is 16.6 Å². The van der Waals surface area contributed by atoms with Crippen LogP contribution in [0.15, 0.2) is 29.2 Å². The van der Waals surface area contributed by atoms with Crippen molar-refractivity contribution in [3.63, 3.8) is 0 Å². The molecule has 0 radical (unpaired) electrons. The second-order valence-electron chi connectivity index (χ2n) is 5.59. The molecule has 2 rings (SSSR count). The number of carbonyl (C=O) groups excluding carboxylic acids is 2. The summed E-state index contributed by atoms with van der Waals surface area (Å²) in [4.78, 5) is 24.3. The summed E-state index contributed by atoms with van der Waals surface area (Å²) in [5, 5.41) is 2.60. The van der Waals surface area contributed by atoms with E-state index in [0.717, 1.165) is 0 Å². The number of nitrogens with one attached hydrogen (secondary N) is 1. The summed E-state index contributed by atoms with van der Waals surface area (Å²) < 4.78 is 26.6. The van der Waals surface area contributed by atoms with Crippen molar-refractivity contribution in [2.75, 3.05) is 38.0 Å². The van der Waals surface area contributed by atoms with E-state index in [9.17, 15) is 18.0 Å². The van der Waals surface area contributed by atoms with Crippen LogP contribution in [0.2, 0.25) is 0 Å². The molecule has 0 aliphatic carbocycles. The number of amides is 1. The maximum atomic E-state index is 12.6. The van der Waals surface area contributed by atoms with Crippen molar-refractivity contribution in [1.82, 2.24) is 9.21 Å². The van der Waals surface area contributed by atoms with Gasteiger partial charge in [-0.05, 0) is 31.2 Å². The van der Waals surface area contributed by atoms with E-state index < -0.39 is 10.0 Å². The maximum absolute atomic E-state index is 12.6. The van der Waals surface area contributed by atoms with Crippen molar-refractivity contribution >= 4 is 27.4 Å². The number of Topliss-reactive ketones (excluding diaryl/α,β-unsaturated/α-hetero) is 1. The van der Waals surface area contributed by atoms with Crippen LogP contribution in [0, 0.1) is 0 Å². The van der Waals surface area contributed by atoms with Gasteiger partial charge in [0.15, 0.2) is 0 Å². The minimum absolute atomic E-state index is 0.0786. The lowest BCUT2D eigenvalue weighted by Crippen LogP contribution is -2.49. The Balaban J connectivity index is 2.04. The molecule has 23 heavy (non-hydrogen) atoms. The fraction of sp³-hybridized carbons (Fsp3) is 0.467. The molecule has 7 nitrogen and oxygen atoms in total. The van der Waals surface area contributed by atoms with Crippen LogP contribution in [0.4, 0.5) is 5.69 Å². The average molecular weight is 339 g/mol. The van der Waals surface area contributed by atoms with Gasteiger partial charge in [0.05, 0.1) is 11.4 Å². The second-order valence-corrected chi connectivity index (χ2v) is 7.53. The molecule has 1 amide bonds. The lowest BCUT2D eigenvalue weighted by atomic mass is 10.3. The van der Waals surface area contributed by atoms with Gasteiger partial charge in [0, 0.05) is 38.8 Å². The van der Waals surface area contributed by atoms with Crippen molar-refractivity contribution in [2.24, 2.45) is 0 Å². The Labute approximate surface area is 136 Å². The summed E-state index contributed by atoms with van der Waals surface area (Å²) >= 11 is 0. The highest BCUT2D eigenvalue weighted by Crippen LogP contribution is 2.19. The van der Waals surface area contributed by atoms with Crippen LogP contribution in [-0.2, 0) is 19.6 Å². The molecule has 0 unspecified atom stereocenters. The number of hydrogen-bond acceptors (Lipinski definition) is 5. The summed E-state index contributed by atoms with van der Waals surface area (Å²) in [6.45, 7) is 5.10. The van der Waals surface area contributed by atoms with Gasteiger partial charge in [-0.1, -0.05) is 0 Å². The van der Waals surface area contributed by atoms with Crippen molar-refractivity contribution in [3.05, 3.63) is 24.3 Å². The zero-order chi connectivity index (χ0) is 17.0. The van der Waals surface area contributed by atoms with Crippen molar-refractivity contribution in [1.29, 1.82) is 0 Å². The minimum Gasteiger partial charge on any atom is -0.326 e. The average Bonchev–Trinajstić information content (AvgIpc) is 2.47. The van der Waals surface area contributed by atoms with Gasteiger partial charge in [-0.3, -0.25) is 14.5 Å². The smallest absolute Gasteiger partial charge is 0.243 e. The van der Waals surface area contributed by atoms with Crippen molar-refractivity contribution in [3.8, 4) is 0 Å². The standard InChI is InChI=1S/C15H21N3O4S/c1-12(19)11-17-7-9-18(10-8-17)23(21,22)15-5-3-14(4-6-15)16-13(2)20/h3-6H,7-11H2,1-2H3,(H,16,20). The van der Waals surface area contributed by atoms with Gasteiger partial charge in [0.25, 0.3) is 0 Å². The molecule has 126 valence electrons. The fourth-order valence-corrected chi connectivity index (χ4v) is 3.93. The second kappa shape index (κ2) is 7.20. The third-order valence-electron chi connectivity index (χ3n) is 3.59. The van der Waals surface area contributed by atoms with Crippen LogP contribution >= 0.6 is 0 Å². The molecule has 1 aliphatic rings. The van der Waals surface area contributed by atoms with Crippen LogP contribution in [0.3, 0.4) is 0 Å². The predicted octanol–water partition coefficient (Wildman–Crippen LogP) is 0.540. The normalized spacial score (nSPS) is 17.0. The molecule has 1 aromatic carbocycles. The third kappa shape index (κ3) is 4.60. The Hall–Kier alpha value is -1.77. The van der Waals surface area contributed by atoms with Gasteiger partial charge in [-0.15, -0.1) is 0 Å². The third-order valence-corrected chi connectivity index (χ3v) is 5.50. The van der Waals surface area contributed by atoms with Crippen LogP contribution in [0.1, 0.15) is 13.8 Å². The van der Waals surface area contributed by atoms with E-state index in [0.29, 0.717) is 38.4 Å². The summed E-state index contributed by atoms with van der Waals surface area (Å²) in [6, 6.07) is 6.12. The first-order valence-electron chi connectivity index (χ1n) is 7.38. The highest BCUT2D eigenvalue weighted by molar-refractivity contribution is 7.89. The lowest BCUT2D eigenvalue weighted by molar-refractivity contribution is -0.118. The van der Waals surface area contributed by atoms with Crippen LogP contribution in [0.5, 0.6) is 0 Å². The molecule has 1 aromatic rings. The molecule has 1 saturated heterocycles. The van der Waals surface area contributed by atoms with E-state index in [1.54, 1.807) is 12.1 Å². The van der Waals surface area contributed by atoms with Gasteiger partial charge in [-0.2, -0.15) is 4.31 Å². The van der Waals surface area contributed by atoms with Gasteiger partial charge < -0.3 is 5.32 Å². The number of sulfonamides is 1. The summed E-state index contributed by atoms with van der Waals surface area (Å²) in [6.07, 6.45) is 0. The van der Waals surface area contributed by atoms with Crippen LogP contribution in [-0.4, -0.2) is 62.0 Å². The number of anilines is 1. The molecule has 0 spiro atoms. The molecule has 1 aliphatic heterocycles. The van der Waals surface area contributed by atoms with Crippen LogP contribution < -0.4 is 5.32 Å². The topological polar surface area (TPSA) is 86.8 Å². The number of rotatable bonds is 5. The largest absolute Gasteiger partial charge is 0.326 e. The highest BCUT2D eigenvalue weighted by Gasteiger charge is 2.28. The first-order chi connectivity index (χ1) is 10.8. The fourth-order valence-electron chi connectivity index (χ4n) is 2.51. The number of ketones is 1. The van der Waals surface area contributed by atoms with E-state index in [2.05, 4.69) is 5.32 Å². The Morgan fingerprint density at radius 2 is 1.61 bits per heavy atom. The highest BCUT2D eigenvalue weighted by atomic mass is 32.2. The molecular formula is C15H21N3O4S. The quantitative estimate of drug-likeness (QED) is 0.846. The first-order valence-corrected chi connectivity index (χ1v) is 8.82. The molecule has 0 bridgehead atoms. The van der Waals surface area contributed by atoms with E-state index in [4.69, 9.17) is 0 Å². The van der Waals surface area contributed by atoms with Gasteiger partial charge in [0.1, 0.15) is 5.78 Å². The lowest BCUT2D eigenvalue weighted by Gasteiger charge is -2.33. The van der Waals surface area contributed by atoms with Crippen LogP contribution in [0.25, 0.3) is 0 Å². The summed E-state index contributed by atoms with van der Waals surface area (Å²) in [5.41, 5.74) is 0.558. The molecule has 8 heteroatoms. The van der Waals surface area contributed by atoms with Crippen molar-refractivity contribution < 1.29 is 18.0 Å². The molecular weight excluding hydrogens is 318 g/mol. The number of benzene rings is 1. The number of hydrogen-bond donors (Lipinski definition) is 1. The predicted molar refractivity (Wildman–Crippen MR) is 86.6 cm³/mol. The SMILES string of the molecule is CC(=O)CN1CCN(S(=O)(=O)c2ccc(NC(C)=O)cc2)CC1. The van der Waals surface area contributed by atoms with E-state index in [1.165, 1.54) is 30.3 Å². The Bertz CT molecular complexity index is 677. The van der Waals surface area contributed by atoms with Crippen molar-refractivity contribution in [2.45, 2.75) is 18.7 Å². The Morgan fingerprint density at radius 1 is 1.04 bits per heavy atom. The number of nitrogens with zero attached hydrogens (tertiary/aromatic N) is 2. The molecule has 0 saturated carbocycles. The maximum Gasteiger partial charge on any atom is 0.243 e. The van der Waals surface area contributed by atoms with Gasteiger partial charge in [0.2, 0.25) is 15.9 Å². The number of piperazine rings is 1. The zero-order valence-electron chi connectivity index (χ0n) is 13.3. The van der Waals surface area contributed by atoms with E-state index >= 15 is 0 Å². The molecule has 1 heterocycles. The number of carbonyl (C=O) groups is 2. The first kappa shape index (κ1) is 17.6.